The van der Waals surface area contributed by atoms with E-state index in [1.165, 1.54) is 68.9 Å². The van der Waals surface area contributed by atoms with Crippen LogP contribution in [0.4, 0.5) is 5.69 Å². The Hall–Kier alpha value is -1.82. The van der Waals surface area contributed by atoms with Crippen LogP contribution >= 0.6 is 24.4 Å². The van der Waals surface area contributed by atoms with Gasteiger partial charge in [0.1, 0.15) is 5.25 Å². The molecular formula is C26H43N5O3S3. The van der Waals surface area contributed by atoms with Gasteiger partial charge in [0.05, 0.1) is 0 Å². The van der Waals surface area contributed by atoms with Gasteiger partial charge in [-0.05, 0) is 43.0 Å². The molecule has 0 aliphatic heterocycles. The van der Waals surface area contributed by atoms with Gasteiger partial charge in [-0.2, -0.15) is 13.5 Å². The molecule has 1 unspecified atom stereocenters. The summed E-state index contributed by atoms with van der Waals surface area (Å²) in [5, 5.41) is 8.71. The van der Waals surface area contributed by atoms with Crippen molar-refractivity contribution in [1.82, 2.24) is 14.9 Å². The molecule has 37 heavy (non-hydrogen) atoms. The molecule has 0 amide bonds. The van der Waals surface area contributed by atoms with E-state index in [-0.39, 0.29) is 22.1 Å². The highest BCUT2D eigenvalue weighted by Crippen LogP contribution is 2.26. The number of nitrogens with one attached hydrogen (secondary N) is 3. The summed E-state index contributed by atoms with van der Waals surface area (Å²) in [6, 6.07) is 9.32. The third-order valence-electron chi connectivity index (χ3n) is 6.41. The number of H-pyrrole nitrogens is 1. The molecule has 8 nitrogen and oxygen atoms in total. The lowest BCUT2D eigenvalue weighted by Crippen LogP contribution is -2.31. The standard InChI is InChI=1S/C26H43N5O3S3/c1-2-3-4-5-6-7-8-9-10-11-12-13-14-18-21-23(37(32,33)34)24-28-29-26(36)31(24)30-25(35)27-22-19-16-15-17-20-22/h15-17,19-20,23H,2-14,18,21H2,1H3,(H,29,36)(H2,27,30,35)(H,32,33,34). The number of aromatic nitrogens is 3. The number of hydrogen-bond donors (Lipinski definition) is 4. The third kappa shape index (κ3) is 12.5. The molecule has 11 heteroatoms. The molecular weight excluding hydrogens is 527 g/mol. The molecule has 208 valence electrons. The molecule has 1 heterocycles. The van der Waals surface area contributed by atoms with Crippen LogP contribution in [0.25, 0.3) is 0 Å². The van der Waals surface area contributed by atoms with E-state index in [2.05, 4.69) is 27.9 Å². The van der Waals surface area contributed by atoms with E-state index in [0.717, 1.165) is 24.9 Å². The maximum absolute atomic E-state index is 12.2. The normalized spacial score (nSPS) is 12.4. The van der Waals surface area contributed by atoms with Crippen molar-refractivity contribution < 1.29 is 13.0 Å². The van der Waals surface area contributed by atoms with Gasteiger partial charge in [-0.1, -0.05) is 115 Å². The van der Waals surface area contributed by atoms with E-state index in [4.69, 9.17) is 24.4 Å². The van der Waals surface area contributed by atoms with Gasteiger partial charge in [0.25, 0.3) is 10.1 Å². The fourth-order valence-electron chi connectivity index (χ4n) is 4.35. The molecule has 4 N–H and O–H groups in total. The van der Waals surface area contributed by atoms with Crippen LogP contribution in [0, 0.1) is 4.77 Å². The topological polar surface area (TPSA) is 112 Å². The molecule has 0 fully saturated rings. The quantitative estimate of drug-likeness (QED) is 0.0774. The maximum Gasteiger partial charge on any atom is 0.275 e. The largest absolute Gasteiger partial charge is 0.331 e. The molecule has 0 aliphatic carbocycles. The van der Waals surface area contributed by atoms with E-state index in [1.54, 1.807) is 0 Å². The van der Waals surface area contributed by atoms with E-state index >= 15 is 0 Å². The van der Waals surface area contributed by atoms with Crippen molar-refractivity contribution in [2.24, 2.45) is 0 Å². The van der Waals surface area contributed by atoms with Crippen LogP contribution in [0.1, 0.15) is 114 Å². The molecule has 0 radical (unpaired) electrons. The van der Waals surface area contributed by atoms with Crippen molar-refractivity contribution in [2.45, 2.75) is 108 Å². The van der Waals surface area contributed by atoms with Gasteiger partial charge >= 0.3 is 0 Å². The summed E-state index contributed by atoms with van der Waals surface area (Å²) < 4.78 is 35.8. The van der Waals surface area contributed by atoms with Crippen molar-refractivity contribution in [1.29, 1.82) is 0 Å². The highest BCUT2D eigenvalue weighted by Gasteiger charge is 2.30. The predicted octanol–water partition coefficient (Wildman–Crippen LogP) is 7.68. The number of anilines is 1. The summed E-state index contributed by atoms with van der Waals surface area (Å²) in [5.74, 6) is 0.0828. The first kappa shape index (κ1) is 31.4. The van der Waals surface area contributed by atoms with Crippen LogP contribution < -0.4 is 10.7 Å². The first-order valence-electron chi connectivity index (χ1n) is 13.6. The summed E-state index contributed by atoms with van der Waals surface area (Å²) in [7, 11) is -4.39. The second-order valence-electron chi connectivity index (χ2n) is 9.54. The molecule has 0 spiro atoms. The Morgan fingerprint density at radius 3 is 1.97 bits per heavy atom. The number of unbranched alkanes of at least 4 members (excludes halogenated alkanes) is 13. The van der Waals surface area contributed by atoms with E-state index in [9.17, 15) is 13.0 Å². The molecule has 0 bridgehead atoms. The molecule has 1 atom stereocenters. The Morgan fingerprint density at radius 1 is 0.946 bits per heavy atom. The second-order valence-corrected chi connectivity index (χ2v) is 11.9. The fourth-order valence-corrected chi connectivity index (χ4v) is 5.63. The Morgan fingerprint density at radius 2 is 1.46 bits per heavy atom. The molecule has 2 rings (SSSR count). The number of hydrogen-bond acceptors (Lipinski definition) is 5. The number of benzene rings is 1. The molecule has 0 saturated carbocycles. The lowest BCUT2D eigenvalue weighted by atomic mass is 10.0. The van der Waals surface area contributed by atoms with Gasteiger partial charge in [0, 0.05) is 5.69 Å². The van der Waals surface area contributed by atoms with Crippen molar-refractivity contribution in [3.05, 3.63) is 40.9 Å². The smallest absolute Gasteiger partial charge is 0.275 e. The Kier molecular flexibility index (Phi) is 15.0. The van der Waals surface area contributed by atoms with E-state index < -0.39 is 15.4 Å². The minimum absolute atomic E-state index is 0.0828. The van der Waals surface area contributed by atoms with Crippen molar-refractivity contribution >= 4 is 45.4 Å². The summed E-state index contributed by atoms with van der Waals surface area (Å²) >= 11 is 10.6. The molecule has 1 aromatic carbocycles. The zero-order valence-corrected chi connectivity index (χ0v) is 24.4. The Labute approximate surface area is 232 Å². The summed E-state index contributed by atoms with van der Waals surface area (Å²) in [6.07, 6.45) is 17.2. The molecule has 0 saturated heterocycles. The van der Waals surface area contributed by atoms with E-state index in [0.29, 0.717) is 6.42 Å². The lowest BCUT2D eigenvalue weighted by molar-refractivity contribution is 0.452. The Bertz CT molecular complexity index is 1070. The van der Waals surface area contributed by atoms with Crippen molar-refractivity contribution in [3.8, 4) is 0 Å². The van der Waals surface area contributed by atoms with Crippen LogP contribution in [0.15, 0.2) is 30.3 Å². The monoisotopic (exact) mass is 569 g/mol. The first-order chi connectivity index (χ1) is 17.8. The Balaban J connectivity index is 1.74. The number of rotatable bonds is 19. The number of para-hydroxylation sites is 1. The first-order valence-corrected chi connectivity index (χ1v) is 15.9. The second kappa shape index (κ2) is 17.6. The van der Waals surface area contributed by atoms with E-state index in [1.807, 2.05) is 30.3 Å². The number of thiocarbonyl (C=S) groups is 1. The third-order valence-corrected chi connectivity index (χ3v) is 8.04. The van der Waals surface area contributed by atoms with Gasteiger partial charge in [0.2, 0.25) is 4.77 Å². The van der Waals surface area contributed by atoms with Crippen molar-refractivity contribution in [2.75, 3.05) is 10.7 Å². The number of nitrogens with zero attached hydrogens (tertiary/aromatic N) is 2. The van der Waals surface area contributed by atoms with Crippen molar-refractivity contribution in [3.63, 3.8) is 0 Å². The zero-order chi connectivity index (χ0) is 26.9. The summed E-state index contributed by atoms with van der Waals surface area (Å²) in [6.45, 7) is 2.25. The highest BCUT2D eigenvalue weighted by atomic mass is 32.2. The van der Waals surface area contributed by atoms with Gasteiger partial charge in [0.15, 0.2) is 10.9 Å². The van der Waals surface area contributed by atoms with Crippen LogP contribution in [0.5, 0.6) is 0 Å². The fraction of sp³-hybridized carbons (Fsp3) is 0.654. The van der Waals surface area contributed by atoms with Crippen LogP contribution in [0.2, 0.25) is 0 Å². The average Bonchev–Trinajstić information content (AvgIpc) is 3.20. The molecule has 1 aromatic heterocycles. The maximum atomic E-state index is 12.2. The summed E-state index contributed by atoms with van der Waals surface area (Å²) in [5.41, 5.74) is 3.64. The van der Waals surface area contributed by atoms with Crippen LogP contribution in [0.3, 0.4) is 0 Å². The molecule has 0 aliphatic rings. The zero-order valence-electron chi connectivity index (χ0n) is 22.0. The van der Waals surface area contributed by atoms with Gasteiger partial charge in [-0.3, -0.25) is 15.1 Å². The molecule has 2 aromatic rings. The minimum atomic E-state index is -4.39. The SMILES string of the molecule is CCCCCCCCCCCCCCCCC(c1n[nH]c(=S)n1NC(=S)Nc1ccccc1)S(=O)(=O)O. The van der Waals surface area contributed by atoms with Gasteiger partial charge in [-0.15, -0.1) is 0 Å². The predicted molar refractivity (Wildman–Crippen MR) is 159 cm³/mol. The minimum Gasteiger partial charge on any atom is -0.331 e. The van der Waals surface area contributed by atoms with Crippen LogP contribution in [-0.4, -0.2) is 33.0 Å². The number of aromatic amines is 1. The summed E-state index contributed by atoms with van der Waals surface area (Å²) in [4.78, 5) is 0. The van der Waals surface area contributed by atoms with Crippen LogP contribution in [-0.2, 0) is 10.1 Å². The lowest BCUT2D eigenvalue weighted by Gasteiger charge is -2.17. The van der Waals surface area contributed by atoms with Gasteiger partial charge < -0.3 is 5.32 Å². The average molecular weight is 570 g/mol. The van der Waals surface area contributed by atoms with Gasteiger partial charge in [-0.25, -0.2) is 4.68 Å². The highest BCUT2D eigenvalue weighted by molar-refractivity contribution is 7.86.